The third kappa shape index (κ3) is 1.91. The monoisotopic (exact) mass is 296 g/mol. The molecule has 6 heteroatoms. The first-order valence-corrected chi connectivity index (χ1v) is 6.41. The molecule has 90 valence electrons. The van der Waals surface area contributed by atoms with Gasteiger partial charge in [-0.3, -0.25) is 0 Å². The number of anilines is 1. The summed E-state index contributed by atoms with van der Waals surface area (Å²) in [6.45, 7) is 0.131. The number of hydrogen-bond acceptors (Lipinski definition) is 4. The van der Waals surface area contributed by atoms with Crippen LogP contribution in [0.25, 0.3) is 5.65 Å². The van der Waals surface area contributed by atoms with E-state index in [2.05, 4.69) is 31.3 Å². The second-order valence-electron chi connectivity index (χ2n) is 4.50. The summed E-state index contributed by atoms with van der Waals surface area (Å²) in [5, 5.41) is 17.0. The Balaban J connectivity index is 1.90. The van der Waals surface area contributed by atoms with Crippen LogP contribution in [0.5, 0.6) is 0 Å². The first-order chi connectivity index (χ1) is 8.21. The van der Waals surface area contributed by atoms with Gasteiger partial charge in [-0.05, 0) is 47.3 Å². The Bertz CT molecular complexity index is 544. The zero-order valence-electron chi connectivity index (χ0n) is 9.23. The quantitative estimate of drug-likeness (QED) is 0.907. The average Bonchev–Trinajstić information content (AvgIpc) is 2.65. The lowest BCUT2D eigenvalue weighted by Crippen LogP contribution is -2.48. The summed E-state index contributed by atoms with van der Waals surface area (Å²) in [5.41, 5.74) is 0.588. The molecule has 2 aromatic rings. The molecule has 0 atom stereocenters. The molecule has 2 heterocycles. The highest BCUT2D eigenvalue weighted by molar-refractivity contribution is 9.10. The Morgan fingerprint density at radius 3 is 2.94 bits per heavy atom. The summed E-state index contributed by atoms with van der Waals surface area (Å²) in [7, 11) is 0. The topological polar surface area (TPSA) is 62.5 Å². The van der Waals surface area contributed by atoms with E-state index in [9.17, 15) is 5.11 Å². The van der Waals surface area contributed by atoms with Gasteiger partial charge in [-0.1, -0.05) is 0 Å². The molecule has 3 rings (SSSR count). The highest BCUT2D eigenvalue weighted by atomic mass is 79.9. The molecule has 2 aromatic heterocycles. The molecule has 5 nitrogen and oxygen atoms in total. The number of nitrogens with zero attached hydrogens (tertiary/aromatic N) is 3. The molecular weight excluding hydrogens is 284 g/mol. The van der Waals surface area contributed by atoms with E-state index in [0.717, 1.165) is 29.4 Å². The Morgan fingerprint density at radius 2 is 2.29 bits per heavy atom. The van der Waals surface area contributed by atoms with Crippen molar-refractivity contribution >= 4 is 27.5 Å². The summed E-state index contributed by atoms with van der Waals surface area (Å²) in [4.78, 5) is 4.38. The molecule has 2 N–H and O–H groups in total. The summed E-state index contributed by atoms with van der Waals surface area (Å²) in [5.74, 6) is 0.580. The van der Waals surface area contributed by atoms with E-state index in [-0.39, 0.29) is 12.1 Å². The normalized spacial score (nSPS) is 18.0. The number of rotatable bonds is 3. The molecule has 1 aliphatic carbocycles. The van der Waals surface area contributed by atoms with E-state index >= 15 is 0 Å². The highest BCUT2D eigenvalue weighted by Crippen LogP contribution is 2.34. The maximum absolute atomic E-state index is 9.38. The van der Waals surface area contributed by atoms with Crippen molar-refractivity contribution in [1.82, 2.24) is 14.6 Å². The summed E-state index contributed by atoms with van der Waals surface area (Å²) >= 11 is 3.39. The number of hydrogen-bond donors (Lipinski definition) is 2. The standard InChI is InChI=1S/C11H13BrN4O/c12-8-2-3-9-13-10(15-16(9)6-8)14-11(7-17)4-1-5-11/h2-3,6,17H,1,4-5,7H2,(H,14,15). The van der Waals surface area contributed by atoms with Crippen molar-refractivity contribution in [2.24, 2.45) is 0 Å². The number of aliphatic hydroxyl groups is 1. The van der Waals surface area contributed by atoms with Crippen LogP contribution < -0.4 is 5.32 Å². The minimum Gasteiger partial charge on any atom is -0.394 e. The molecule has 1 fully saturated rings. The molecule has 1 saturated carbocycles. The largest absolute Gasteiger partial charge is 0.394 e. The van der Waals surface area contributed by atoms with Gasteiger partial charge in [-0.2, -0.15) is 4.98 Å². The number of halogens is 1. The predicted molar refractivity (Wildman–Crippen MR) is 68.0 cm³/mol. The molecular formula is C11H13BrN4O. The zero-order valence-corrected chi connectivity index (χ0v) is 10.8. The number of fused-ring (bicyclic) bond motifs is 1. The first-order valence-electron chi connectivity index (χ1n) is 5.62. The van der Waals surface area contributed by atoms with Crippen molar-refractivity contribution in [3.8, 4) is 0 Å². The molecule has 0 spiro atoms. The fourth-order valence-electron chi connectivity index (χ4n) is 2.07. The smallest absolute Gasteiger partial charge is 0.243 e. The maximum Gasteiger partial charge on any atom is 0.243 e. The first kappa shape index (κ1) is 11.0. The molecule has 0 unspecified atom stereocenters. The van der Waals surface area contributed by atoms with Gasteiger partial charge in [0.1, 0.15) is 0 Å². The van der Waals surface area contributed by atoms with Crippen LogP contribution in [0.4, 0.5) is 5.95 Å². The van der Waals surface area contributed by atoms with Gasteiger partial charge in [0.25, 0.3) is 0 Å². The van der Waals surface area contributed by atoms with Crippen LogP contribution >= 0.6 is 15.9 Å². The molecule has 1 aliphatic rings. The minimum absolute atomic E-state index is 0.131. The fourth-order valence-corrected chi connectivity index (χ4v) is 2.40. The van der Waals surface area contributed by atoms with E-state index in [1.54, 1.807) is 4.52 Å². The predicted octanol–water partition coefficient (Wildman–Crippen LogP) is 1.82. The van der Waals surface area contributed by atoms with Crippen LogP contribution in [-0.4, -0.2) is 31.9 Å². The Morgan fingerprint density at radius 1 is 1.47 bits per heavy atom. The van der Waals surface area contributed by atoms with Gasteiger partial charge in [0.15, 0.2) is 5.65 Å². The van der Waals surface area contributed by atoms with Crippen LogP contribution in [-0.2, 0) is 0 Å². The number of aliphatic hydroxyl groups excluding tert-OH is 1. The summed E-state index contributed by atoms with van der Waals surface area (Å²) in [6, 6.07) is 3.83. The van der Waals surface area contributed by atoms with Crippen LogP contribution in [0.15, 0.2) is 22.8 Å². The minimum atomic E-state index is -0.206. The van der Waals surface area contributed by atoms with E-state index < -0.39 is 0 Å². The lowest BCUT2D eigenvalue weighted by atomic mass is 9.77. The second-order valence-corrected chi connectivity index (χ2v) is 5.42. The Kier molecular flexibility index (Phi) is 2.56. The molecule has 0 saturated heterocycles. The van der Waals surface area contributed by atoms with E-state index in [0.29, 0.717) is 5.95 Å². The van der Waals surface area contributed by atoms with Gasteiger partial charge in [0.2, 0.25) is 5.95 Å². The highest BCUT2D eigenvalue weighted by Gasteiger charge is 2.37. The van der Waals surface area contributed by atoms with Crippen molar-refractivity contribution in [1.29, 1.82) is 0 Å². The number of nitrogens with one attached hydrogen (secondary N) is 1. The molecule has 0 radical (unpaired) electrons. The van der Waals surface area contributed by atoms with Gasteiger partial charge >= 0.3 is 0 Å². The van der Waals surface area contributed by atoms with Gasteiger partial charge in [-0.15, -0.1) is 5.10 Å². The van der Waals surface area contributed by atoms with Crippen LogP contribution in [0.1, 0.15) is 19.3 Å². The molecule has 0 aromatic carbocycles. The van der Waals surface area contributed by atoms with Crippen molar-refractivity contribution in [3.05, 3.63) is 22.8 Å². The molecule has 0 bridgehead atoms. The van der Waals surface area contributed by atoms with Crippen molar-refractivity contribution < 1.29 is 5.11 Å². The summed E-state index contributed by atoms with van der Waals surface area (Å²) < 4.78 is 2.68. The fraction of sp³-hybridized carbons (Fsp3) is 0.455. The van der Waals surface area contributed by atoms with Gasteiger partial charge in [0, 0.05) is 10.7 Å². The van der Waals surface area contributed by atoms with Gasteiger partial charge in [-0.25, -0.2) is 4.52 Å². The summed E-state index contributed by atoms with van der Waals surface area (Å²) in [6.07, 6.45) is 4.96. The number of aromatic nitrogens is 3. The van der Waals surface area contributed by atoms with Gasteiger partial charge in [0.05, 0.1) is 12.1 Å². The second kappa shape index (κ2) is 3.96. The van der Waals surface area contributed by atoms with E-state index in [1.807, 2.05) is 18.3 Å². The SMILES string of the molecule is OCC1(Nc2nc3ccc(Br)cn3n2)CCC1. The van der Waals surface area contributed by atoms with Crippen LogP contribution in [0, 0.1) is 0 Å². The third-order valence-corrected chi connectivity index (χ3v) is 3.75. The van der Waals surface area contributed by atoms with E-state index in [4.69, 9.17) is 0 Å². The average molecular weight is 297 g/mol. The lowest BCUT2D eigenvalue weighted by Gasteiger charge is -2.40. The van der Waals surface area contributed by atoms with E-state index in [1.165, 1.54) is 0 Å². The van der Waals surface area contributed by atoms with Crippen LogP contribution in [0.3, 0.4) is 0 Å². The van der Waals surface area contributed by atoms with Crippen molar-refractivity contribution in [2.75, 3.05) is 11.9 Å². The third-order valence-electron chi connectivity index (χ3n) is 3.29. The molecule has 0 amide bonds. The Labute approximate surface area is 107 Å². The lowest BCUT2D eigenvalue weighted by molar-refractivity contribution is 0.143. The molecule has 0 aliphatic heterocycles. The molecule has 17 heavy (non-hydrogen) atoms. The van der Waals surface area contributed by atoms with Crippen LogP contribution in [0.2, 0.25) is 0 Å². The van der Waals surface area contributed by atoms with Crippen molar-refractivity contribution in [3.63, 3.8) is 0 Å². The maximum atomic E-state index is 9.38. The zero-order chi connectivity index (χ0) is 11.9. The Hall–Kier alpha value is -1.14. The van der Waals surface area contributed by atoms with Gasteiger partial charge < -0.3 is 10.4 Å². The van der Waals surface area contributed by atoms with Crippen molar-refractivity contribution in [2.45, 2.75) is 24.8 Å². The number of pyridine rings is 1.